The lowest BCUT2D eigenvalue weighted by Gasteiger charge is -2.31. The fourth-order valence-electron chi connectivity index (χ4n) is 4.15. The molecule has 5 nitrogen and oxygen atoms in total. The minimum atomic E-state index is -0.819. The van der Waals surface area contributed by atoms with Crippen molar-refractivity contribution < 1.29 is 9.18 Å². The molecule has 0 bridgehead atoms. The number of alkyl halides is 1. The monoisotopic (exact) mass is 394 g/mol. The summed E-state index contributed by atoms with van der Waals surface area (Å²) in [7, 11) is 1.90. The Labute approximate surface area is 170 Å². The highest BCUT2D eigenvalue weighted by molar-refractivity contribution is 5.88. The van der Waals surface area contributed by atoms with Gasteiger partial charge in [-0.1, -0.05) is 12.1 Å². The summed E-state index contributed by atoms with van der Waals surface area (Å²) in [6.07, 6.45) is 6.84. The molecule has 1 fully saturated rings. The normalized spacial score (nSPS) is 16.9. The van der Waals surface area contributed by atoms with E-state index in [4.69, 9.17) is 0 Å². The zero-order chi connectivity index (χ0) is 20.4. The summed E-state index contributed by atoms with van der Waals surface area (Å²) in [5.74, 6) is 0.300. The molecular formula is C23H27FN4O. The van der Waals surface area contributed by atoms with E-state index in [1.165, 1.54) is 0 Å². The highest BCUT2D eigenvalue weighted by Crippen LogP contribution is 2.25. The van der Waals surface area contributed by atoms with Crippen molar-refractivity contribution in [1.29, 1.82) is 0 Å². The number of halogens is 1. The van der Waals surface area contributed by atoms with Crippen molar-refractivity contribution in [3.8, 4) is 11.1 Å². The van der Waals surface area contributed by atoms with E-state index in [2.05, 4.69) is 33.2 Å². The number of ketones is 1. The van der Waals surface area contributed by atoms with E-state index < -0.39 is 6.17 Å². The highest BCUT2D eigenvalue weighted by atomic mass is 19.1. The number of carbonyl (C=O) groups is 1. The van der Waals surface area contributed by atoms with E-state index >= 15 is 0 Å². The van der Waals surface area contributed by atoms with Gasteiger partial charge in [-0.05, 0) is 55.9 Å². The predicted molar refractivity (Wildman–Crippen MR) is 112 cm³/mol. The summed E-state index contributed by atoms with van der Waals surface area (Å²) in [5, 5.41) is 6.38. The summed E-state index contributed by atoms with van der Waals surface area (Å²) in [4.78, 5) is 19.4. The van der Waals surface area contributed by atoms with Gasteiger partial charge in [0.05, 0.1) is 6.20 Å². The van der Waals surface area contributed by atoms with E-state index in [0.717, 1.165) is 53.5 Å². The number of hydrogen-bond acceptors (Lipinski definition) is 4. The van der Waals surface area contributed by atoms with Gasteiger partial charge in [-0.25, -0.2) is 4.39 Å². The third kappa shape index (κ3) is 4.70. The summed E-state index contributed by atoms with van der Waals surface area (Å²) in [6, 6.07) is 8.27. The molecule has 4 rings (SSSR count). The number of Topliss-reactive ketones (excluding diaryl/α,β-unsaturated/α-hetero) is 1. The molecule has 3 aromatic rings. The first kappa shape index (κ1) is 19.7. The van der Waals surface area contributed by atoms with Gasteiger partial charge in [-0.15, -0.1) is 0 Å². The van der Waals surface area contributed by atoms with Gasteiger partial charge in [-0.2, -0.15) is 5.10 Å². The molecule has 1 atom stereocenters. The third-order valence-corrected chi connectivity index (χ3v) is 5.72. The SMILES string of the molecule is C[C@@H](F)CN1CCC(C(=O)Cc2cc3cc(-c4cnn(C)c4)ccc3cn2)CC1. The van der Waals surface area contributed by atoms with Gasteiger partial charge in [0.25, 0.3) is 0 Å². The smallest absolute Gasteiger partial charge is 0.142 e. The topological polar surface area (TPSA) is 51.0 Å². The molecule has 29 heavy (non-hydrogen) atoms. The third-order valence-electron chi connectivity index (χ3n) is 5.72. The average molecular weight is 394 g/mol. The molecule has 1 aliphatic rings. The van der Waals surface area contributed by atoms with Gasteiger partial charge in [0.15, 0.2) is 0 Å². The molecule has 1 saturated heterocycles. The highest BCUT2D eigenvalue weighted by Gasteiger charge is 2.25. The van der Waals surface area contributed by atoms with Gasteiger partial charge in [0, 0.05) is 55.0 Å². The number of aryl methyl sites for hydroxylation is 1. The van der Waals surface area contributed by atoms with Crippen LogP contribution in [0.3, 0.4) is 0 Å². The molecule has 0 amide bonds. The Morgan fingerprint density at radius 1 is 1.17 bits per heavy atom. The zero-order valence-electron chi connectivity index (χ0n) is 17.0. The van der Waals surface area contributed by atoms with Gasteiger partial charge >= 0.3 is 0 Å². The van der Waals surface area contributed by atoms with Crippen LogP contribution in [0.25, 0.3) is 21.9 Å². The summed E-state index contributed by atoms with van der Waals surface area (Å²) < 4.78 is 15.0. The lowest BCUT2D eigenvalue weighted by Crippen LogP contribution is -2.39. The van der Waals surface area contributed by atoms with Crippen molar-refractivity contribution in [2.45, 2.75) is 32.4 Å². The second kappa shape index (κ2) is 8.41. The van der Waals surface area contributed by atoms with Crippen molar-refractivity contribution in [2.24, 2.45) is 13.0 Å². The zero-order valence-corrected chi connectivity index (χ0v) is 17.0. The molecule has 0 radical (unpaired) electrons. The maximum absolute atomic E-state index is 13.2. The molecule has 6 heteroatoms. The summed E-state index contributed by atoms with van der Waals surface area (Å²) in [5.41, 5.74) is 2.98. The molecule has 0 unspecified atom stereocenters. The Kier molecular flexibility index (Phi) is 5.72. The van der Waals surface area contributed by atoms with Crippen molar-refractivity contribution >= 4 is 16.6 Å². The quantitative estimate of drug-likeness (QED) is 0.638. The number of piperidine rings is 1. The molecule has 3 heterocycles. The second-order valence-electron chi connectivity index (χ2n) is 8.14. The fourth-order valence-corrected chi connectivity index (χ4v) is 4.15. The Balaban J connectivity index is 1.44. The Morgan fingerprint density at radius 3 is 2.66 bits per heavy atom. The molecule has 0 spiro atoms. The standard InChI is InChI=1S/C23H27FN4O/c1-16(24)14-28-7-5-17(6-8-28)23(29)11-22-10-20-9-18(3-4-19(20)12-25-22)21-13-26-27(2)15-21/h3-4,9-10,12-13,15-17H,5-8,11,14H2,1-2H3/t16-/m1/s1. The first-order valence-electron chi connectivity index (χ1n) is 10.2. The molecule has 2 aromatic heterocycles. The lowest BCUT2D eigenvalue weighted by molar-refractivity contribution is -0.123. The second-order valence-corrected chi connectivity index (χ2v) is 8.14. The van der Waals surface area contributed by atoms with Crippen LogP contribution in [0.4, 0.5) is 4.39 Å². The van der Waals surface area contributed by atoms with Gasteiger partial charge in [0.1, 0.15) is 12.0 Å². The number of likely N-dealkylation sites (tertiary alicyclic amines) is 1. The van der Waals surface area contributed by atoms with E-state index in [1.54, 1.807) is 11.6 Å². The lowest BCUT2D eigenvalue weighted by atomic mass is 9.90. The number of hydrogen-bond donors (Lipinski definition) is 0. The first-order valence-corrected chi connectivity index (χ1v) is 10.2. The average Bonchev–Trinajstić information content (AvgIpc) is 3.14. The number of pyridine rings is 1. The Hall–Kier alpha value is -2.60. The van der Waals surface area contributed by atoms with Crippen molar-refractivity contribution in [1.82, 2.24) is 19.7 Å². The van der Waals surface area contributed by atoms with Crippen LogP contribution >= 0.6 is 0 Å². The molecule has 1 aliphatic heterocycles. The summed E-state index contributed by atoms with van der Waals surface area (Å²) in [6.45, 7) is 3.64. The summed E-state index contributed by atoms with van der Waals surface area (Å²) >= 11 is 0. The van der Waals surface area contributed by atoms with Gasteiger partial charge < -0.3 is 4.90 Å². The number of carbonyl (C=O) groups excluding carboxylic acids is 1. The van der Waals surface area contributed by atoms with Crippen LogP contribution in [0.1, 0.15) is 25.5 Å². The molecular weight excluding hydrogens is 367 g/mol. The van der Waals surface area contributed by atoms with Crippen LogP contribution in [0, 0.1) is 5.92 Å². The minimum absolute atomic E-state index is 0.0559. The van der Waals surface area contributed by atoms with E-state index in [1.807, 2.05) is 31.7 Å². The minimum Gasteiger partial charge on any atom is -0.300 e. The molecule has 152 valence electrons. The van der Waals surface area contributed by atoms with E-state index in [9.17, 15) is 9.18 Å². The van der Waals surface area contributed by atoms with E-state index in [0.29, 0.717) is 13.0 Å². The Morgan fingerprint density at radius 2 is 1.97 bits per heavy atom. The first-order chi connectivity index (χ1) is 14.0. The van der Waals surface area contributed by atoms with Crippen LogP contribution in [0.2, 0.25) is 0 Å². The number of rotatable bonds is 6. The maximum atomic E-state index is 13.2. The van der Waals surface area contributed by atoms with Crippen molar-refractivity contribution in [3.05, 3.63) is 48.5 Å². The van der Waals surface area contributed by atoms with Crippen LogP contribution < -0.4 is 0 Å². The number of aromatic nitrogens is 3. The molecule has 1 aromatic carbocycles. The molecule has 0 saturated carbocycles. The van der Waals surface area contributed by atoms with Crippen molar-refractivity contribution in [2.75, 3.05) is 19.6 Å². The largest absolute Gasteiger partial charge is 0.300 e. The maximum Gasteiger partial charge on any atom is 0.142 e. The predicted octanol–water partition coefficient (Wildman–Crippen LogP) is 3.82. The number of nitrogens with zero attached hydrogens (tertiary/aromatic N) is 4. The van der Waals surface area contributed by atoms with Crippen LogP contribution in [-0.2, 0) is 18.3 Å². The molecule has 0 aliphatic carbocycles. The van der Waals surface area contributed by atoms with Gasteiger partial charge in [-0.3, -0.25) is 14.5 Å². The fraction of sp³-hybridized carbons (Fsp3) is 0.435. The van der Waals surface area contributed by atoms with Crippen LogP contribution in [0.15, 0.2) is 42.9 Å². The van der Waals surface area contributed by atoms with Gasteiger partial charge in [0.2, 0.25) is 0 Å². The van der Waals surface area contributed by atoms with Crippen LogP contribution in [0.5, 0.6) is 0 Å². The number of benzene rings is 1. The molecule has 0 N–H and O–H groups in total. The van der Waals surface area contributed by atoms with Crippen LogP contribution in [-0.4, -0.2) is 51.3 Å². The number of fused-ring (bicyclic) bond motifs is 1. The van der Waals surface area contributed by atoms with Crippen molar-refractivity contribution in [3.63, 3.8) is 0 Å². The van der Waals surface area contributed by atoms with E-state index in [-0.39, 0.29) is 11.7 Å². The Bertz CT molecular complexity index is 1010.